The summed E-state index contributed by atoms with van der Waals surface area (Å²) in [5.74, 6) is 0.379. The lowest BCUT2D eigenvalue weighted by atomic mass is 9.85. The molecule has 0 atom stereocenters. The van der Waals surface area contributed by atoms with Gasteiger partial charge in [-0.2, -0.15) is 0 Å². The number of aromatic nitrogens is 1. The number of rotatable bonds is 5. The molecule has 0 spiro atoms. The second kappa shape index (κ2) is 9.67. The van der Waals surface area contributed by atoms with E-state index in [9.17, 15) is 9.18 Å². The number of hydrogen-bond donors (Lipinski definition) is 1. The first-order valence-electron chi connectivity index (χ1n) is 11.0. The first-order valence-corrected chi connectivity index (χ1v) is 11.0. The van der Waals surface area contributed by atoms with Gasteiger partial charge in [-0.3, -0.25) is 9.78 Å². The maximum absolute atomic E-state index is 13.4. The molecule has 2 aromatic rings. The Balaban J connectivity index is 1.24. The molecule has 4 rings (SSSR count). The van der Waals surface area contributed by atoms with Crippen LogP contribution in [0.1, 0.15) is 36.0 Å². The van der Waals surface area contributed by atoms with E-state index in [1.807, 2.05) is 6.07 Å². The molecule has 0 unspecified atom stereocenters. The standard InChI is InChI=1S/C24H31FN4O/c1-28-11-13-29(14-12-28)17-18-5-8-22(9-6-18)27-24(30)20-7-10-23(26-16-20)19-3-2-4-21(25)15-19/h2-4,7,10,15-16,18,22H,5-6,8-9,11-14,17H2,1H3,(H,27,30). The van der Waals surface area contributed by atoms with Crippen molar-refractivity contribution < 1.29 is 9.18 Å². The number of benzene rings is 1. The predicted molar refractivity (Wildman–Crippen MR) is 117 cm³/mol. The zero-order valence-corrected chi connectivity index (χ0v) is 17.7. The van der Waals surface area contributed by atoms with Crippen LogP contribution in [0.25, 0.3) is 11.3 Å². The van der Waals surface area contributed by atoms with Crippen LogP contribution in [0.2, 0.25) is 0 Å². The second-order valence-corrected chi connectivity index (χ2v) is 8.74. The summed E-state index contributed by atoms with van der Waals surface area (Å²) >= 11 is 0. The minimum absolute atomic E-state index is 0.0733. The van der Waals surface area contributed by atoms with Crippen molar-refractivity contribution in [2.24, 2.45) is 5.92 Å². The molecule has 2 aliphatic rings. The summed E-state index contributed by atoms with van der Waals surface area (Å²) in [4.78, 5) is 22.0. The average Bonchev–Trinajstić information content (AvgIpc) is 2.77. The van der Waals surface area contributed by atoms with Gasteiger partial charge in [-0.1, -0.05) is 12.1 Å². The number of nitrogens with one attached hydrogen (secondary N) is 1. The van der Waals surface area contributed by atoms with Gasteiger partial charge in [-0.15, -0.1) is 0 Å². The Labute approximate surface area is 178 Å². The lowest BCUT2D eigenvalue weighted by Gasteiger charge is -2.37. The molecule has 1 aromatic carbocycles. The van der Waals surface area contributed by atoms with Crippen LogP contribution in [0.4, 0.5) is 4.39 Å². The van der Waals surface area contributed by atoms with Crippen molar-refractivity contribution >= 4 is 5.91 Å². The summed E-state index contributed by atoms with van der Waals surface area (Å²) in [6.07, 6.45) is 6.01. The van der Waals surface area contributed by atoms with E-state index in [-0.39, 0.29) is 17.8 Å². The van der Waals surface area contributed by atoms with Gasteiger partial charge in [0.1, 0.15) is 5.82 Å². The number of amides is 1. The molecule has 1 aromatic heterocycles. The summed E-state index contributed by atoms with van der Waals surface area (Å²) in [5.41, 5.74) is 1.92. The number of pyridine rings is 1. The van der Waals surface area contributed by atoms with Gasteiger partial charge in [0.05, 0.1) is 11.3 Å². The highest BCUT2D eigenvalue weighted by molar-refractivity contribution is 5.94. The summed E-state index contributed by atoms with van der Waals surface area (Å²) in [7, 11) is 2.19. The molecular formula is C24H31FN4O. The van der Waals surface area contributed by atoms with Gasteiger partial charge in [0, 0.05) is 50.5 Å². The van der Waals surface area contributed by atoms with E-state index in [2.05, 4.69) is 27.1 Å². The number of likely N-dealkylation sites (N-methyl/N-ethyl adjacent to an activating group) is 1. The topological polar surface area (TPSA) is 48.5 Å². The molecule has 160 valence electrons. The van der Waals surface area contributed by atoms with Gasteiger partial charge in [0.25, 0.3) is 5.91 Å². The largest absolute Gasteiger partial charge is 0.349 e. The van der Waals surface area contributed by atoms with Crippen LogP contribution in [0, 0.1) is 11.7 Å². The van der Waals surface area contributed by atoms with Crippen molar-refractivity contribution in [3.05, 3.63) is 54.0 Å². The van der Waals surface area contributed by atoms with Gasteiger partial charge >= 0.3 is 0 Å². The molecule has 30 heavy (non-hydrogen) atoms. The van der Waals surface area contributed by atoms with E-state index in [1.54, 1.807) is 24.4 Å². The molecule has 5 nitrogen and oxygen atoms in total. The minimum atomic E-state index is -0.292. The molecular weight excluding hydrogens is 379 g/mol. The van der Waals surface area contributed by atoms with Crippen LogP contribution in [0.3, 0.4) is 0 Å². The molecule has 1 aliphatic carbocycles. The summed E-state index contributed by atoms with van der Waals surface area (Å²) in [6.45, 7) is 5.87. The first kappa shape index (κ1) is 20.9. The molecule has 1 aliphatic heterocycles. The Morgan fingerprint density at radius 2 is 1.87 bits per heavy atom. The van der Waals surface area contributed by atoms with Gasteiger partial charge in [-0.25, -0.2) is 4.39 Å². The van der Waals surface area contributed by atoms with Crippen LogP contribution < -0.4 is 5.32 Å². The number of carbonyl (C=O) groups is 1. The predicted octanol–water partition coefficient (Wildman–Crippen LogP) is 3.42. The maximum atomic E-state index is 13.4. The van der Waals surface area contributed by atoms with Crippen molar-refractivity contribution in [2.45, 2.75) is 31.7 Å². The Hall–Kier alpha value is -2.31. The third-order valence-corrected chi connectivity index (χ3v) is 6.44. The van der Waals surface area contributed by atoms with Crippen molar-refractivity contribution in [1.82, 2.24) is 20.1 Å². The fourth-order valence-corrected chi connectivity index (χ4v) is 4.50. The zero-order valence-electron chi connectivity index (χ0n) is 17.7. The van der Waals surface area contributed by atoms with E-state index in [0.29, 0.717) is 16.8 Å². The fraction of sp³-hybridized carbons (Fsp3) is 0.500. The fourth-order valence-electron chi connectivity index (χ4n) is 4.50. The minimum Gasteiger partial charge on any atom is -0.349 e. The molecule has 1 amide bonds. The highest BCUT2D eigenvalue weighted by Crippen LogP contribution is 2.26. The summed E-state index contributed by atoms with van der Waals surface area (Å²) in [6, 6.07) is 10.1. The SMILES string of the molecule is CN1CCN(CC2CCC(NC(=O)c3ccc(-c4cccc(F)c4)nc3)CC2)CC1. The number of hydrogen-bond acceptors (Lipinski definition) is 4. The molecule has 6 heteroatoms. The Morgan fingerprint density at radius 3 is 2.53 bits per heavy atom. The van der Waals surface area contributed by atoms with E-state index in [1.165, 1.54) is 44.6 Å². The van der Waals surface area contributed by atoms with Crippen LogP contribution >= 0.6 is 0 Å². The first-order chi connectivity index (χ1) is 14.6. The summed E-state index contributed by atoms with van der Waals surface area (Å²) in [5, 5.41) is 3.17. The summed E-state index contributed by atoms with van der Waals surface area (Å²) < 4.78 is 13.4. The van der Waals surface area contributed by atoms with Gasteiger partial charge in [0.2, 0.25) is 0 Å². The van der Waals surface area contributed by atoms with Crippen molar-refractivity contribution in [2.75, 3.05) is 39.8 Å². The zero-order chi connectivity index (χ0) is 20.9. The number of piperazine rings is 1. The highest BCUT2D eigenvalue weighted by Gasteiger charge is 2.25. The Kier molecular flexibility index (Phi) is 6.75. The van der Waals surface area contributed by atoms with Crippen molar-refractivity contribution in [1.29, 1.82) is 0 Å². The van der Waals surface area contributed by atoms with Crippen LogP contribution in [-0.2, 0) is 0 Å². The molecule has 0 radical (unpaired) electrons. The molecule has 1 saturated heterocycles. The van der Waals surface area contributed by atoms with Crippen molar-refractivity contribution in [3.63, 3.8) is 0 Å². The third-order valence-electron chi connectivity index (χ3n) is 6.44. The van der Waals surface area contributed by atoms with E-state index in [4.69, 9.17) is 0 Å². The van der Waals surface area contributed by atoms with Crippen LogP contribution in [0.15, 0.2) is 42.6 Å². The second-order valence-electron chi connectivity index (χ2n) is 8.74. The lowest BCUT2D eigenvalue weighted by Crippen LogP contribution is -2.47. The number of carbonyl (C=O) groups excluding carboxylic acids is 1. The van der Waals surface area contributed by atoms with Gasteiger partial charge in [0.15, 0.2) is 0 Å². The quantitative estimate of drug-likeness (QED) is 0.821. The van der Waals surface area contributed by atoms with E-state index in [0.717, 1.165) is 31.8 Å². The van der Waals surface area contributed by atoms with Gasteiger partial charge < -0.3 is 15.1 Å². The van der Waals surface area contributed by atoms with Crippen LogP contribution in [-0.4, -0.2) is 66.5 Å². The molecule has 2 fully saturated rings. The number of nitrogens with zero attached hydrogens (tertiary/aromatic N) is 3. The third kappa shape index (κ3) is 5.43. The van der Waals surface area contributed by atoms with Gasteiger partial charge in [-0.05, 0) is 62.9 Å². The molecule has 2 heterocycles. The highest BCUT2D eigenvalue weighted by atomic mass is 19.1. The lowest BCUT2D eigenvalue weighted by molar-refractivity contribution is 0.0906. The van der Waals surface area contributed by atoms with Crippen molar-refractivity contribution in [3.8, 4) is 11.3 Å². The van der Waals surface area contributed by atoms with E-state index < -0.39 is 0 Å². The smallest absolute Gasteiger partial charge is 0.253 e. The molecule has 0 bridgehead atoms. The number of halogens is 1. The Morgan fingerprint density at radius 1 is 1.10 bits per heavy atom. The monoisotopic (exact) mass is 410 g/mol. The molecule has 1 N–H and O–H groups in total. The van der Waals surface area contributed by atoms with E-state index >= 15 is 0 Å². The maximum Gasteiger partial charge on any atom is 0.253 e. The molecule has 1 saturated carbocycles. The van der Waals surface area contributed by atoms with Crippen LogP contribution in [0.5, 0.6) is 0 Å². The Bertz CT molecular complexity index is 841. The normalized spacial score (nSPS) is 23.3. The average molecular weight is 411 g/mol.